The van der Waals surface area contributed by atoms with Crippen LogP contribution in [0.5, 0.6) is 0 Å². The Hall–Kier alpha value is -0.0400. The monoisotopic (exact) mass is 101 g/mol. The van der Waals surface area contributed by atoms with Crippen molar-refractivity contribution in [2.75, 3.05) is 0 Å². The molecule has 0 aliphatic heterocycles. The summed E-state index contributed by atoms with van der Waals surface area (Å²) in [6, 6.07) is 0. The lowest BCUT2D eigenvalue weighted by Crippen LogP contribution is -2.13. The van der Waals surface area contributed by atoms with Gasteiger partial charge >= 0.3 is 0 Å². The van der Waals surface area contributed by atoms with Crippen LogP contribution in [0, 0.1) is 11.5 Å². The molecule has 1 radical (unpaired) electrons. The normalized spacial score (nSPS) is 12.9. The first-order valence-corrected chi connectivity index (χ1v) is 2.47. The lowest BCUT2D eigenvalue weighted by Gasteiger charge is -2.19. The van der Waals surface area contributed by atoms with Gasteiger partial charge in [-0.25, -0.2) is 0 Å². The predicted octanol–water partition coefficient (Wildman–Crippen LogP) is 1.96. The number of rotatable bonds is 0. The van der Waals surface area contributed by atoms with Crippen LogP contribution in [0.25, 0.3) is 0 Å². The summed E-state index contributed by atoms with van der Waals surface area (Å²) in [4.78, 5) is 0. The van der Waals surface area contributed by atoms with Gasteiger partial charge in [0.05, 0.1) is 6.10 Å². The van der Waals surface area contributed by atoms with Crippen LogP contribution >= 0.6 is 0 Å². The minimum Gasteiger partial charge on any atom is -0.387 e. The molecule has 0 amide bonds. The van der Waals surface area contributed by atoms with Crippen LogP contribution in [-0.2, 0) is 0 Å². The fourth-order valence-electron chi connectivity index (χ4n) is 0. The molecule has 0 fully saturated rings. The highest BCUT2D eigenvalue weighted by atomic mass is 16.3. The summed E-state index contributed by atoms with van der Waals surface area (Å²) in [7, 11) is 0. The molecule has 1 nitrogen and oxygen atoms in total. The summed E-state index contributed by atoms with van der Waals surface area (Å²) in [5.41, 5.74) is -0.0278. The van der Waals surface area contributed by atoms with E-state index < -0.39 is 0 Å². The van der Waals surface area contributed by atoms with E-state index >= 15 is 0 Å². The van der Waals surface area contributed by atoms with Gasteiger partial charge in [-0.3, -0.25) is 0 Å². The fourth-order valence-corrected chi connectivity index (χ4v) is 0. The van der Waals surface area contributed by atoms with Gasteiger partial charge < -0.3 is 5.11 Å². The van der Waals surface area contributed by atoms with Gasteiger partial charge in [-0.1, -0.05) is 20.8 Å². The summed E-state index contributed by atoms with van der Waals surface area (Å²) in [5, 5.41) is 8.81. The Balaban J connectivity index is 3.54. The van der Waals surface area contributed by atoms with Gasteiger partial charge in [0, 0.05) is 0 Å². The van der Waals surface area contributed by atoms with Crippen molar-refractivity contribution in [3.8, 4) is 0 Å². The smallest absolute Gasteiger partial charge is 0.0955 e. The average molecular weight is 101 g/mol. The fraction of sp³-hybridized carbons (Fsp3) is 0.833. The standard InChI is InChI=1S/C6H13O/c1-5(7)6(2,3)4/h7H,1-4H3. The van der Waals surface area contributed by atoms with Crippen molar-refractivity contribution >= 4 is 0 Å². The van der Waals surface area contributed by atoms with Crippen molar-refractivity contribution in [2.45, 2.75) is 27.7 Å². The SMILES string of the molecule is C[C](O)C(C)(C)C. The number of aliphatic hydroxyl groups is 1. The van der Waals surface area contributed by atoms with E-state index in [9.17, 15) is 0 Å². The first-order chi connectivity index (χ1) is 2.94. The Kier molecular flexibility index (Phi) is 1.82. The first kappa shape index (κ1) is 6.96. The number of aliphatic hydroxyl groups excluding tert-OH is 1. The quantitative estimate of drug-likeness (QED) is 0.494. The van der Waals surface area contributed by atoms with Crippen molar-refractivity contribution < 1.29 is 5.11 Å². The van der Waals surface area contributed by atoms with E-state index in [-0.39, 0.29) is 5.41 Å². The molecule has 0 aromatic heterocycles. The van der Waals surface area contributed by atoms with Crippen LogP contribution in [-0.4, -0.2) is 5.11 Å². The molecule has 0 rings (SSSR count). The van der Waals surface area contributed by atoms with Gasteiger partial charge in [0.25, 0.3) is 0 Å². The van der Waals surface area contributed by atoms with Crippen molar-refractivity contribution in [1.29, 1.82) is 0 Å². The molecule has 0 saturated heterocycles. The zero-order chi connectivity index (χ0) is 6.08. The van der Waals surface area contributed by atoms with Crippen LogP contribution in [0.4, 0.5) is 0 Å². The van der Waals surface area contributed by atoms with Gasteiger partial charge in [0.1, 0.15) is 0 Å². The molecule has 0 aromatic carbocycles. The number of hydrogen-bond acceptors (Lipinski definition) is 1. The zero-order valence-electron chi connectivity index (χ0n) is 5.45. The van der Waals surface area contributed by atoms with E-state index in [2.05, 4.69) is 0 Å². The Labute approximate surface area is 45.4 Å². The molecule has 0 atom stereocenters. The molecule has 0 aliphatic rings. The van der Waals surface area contributed by atoms with E-state index in [4.69, 9.17) is 5.11 Å². The largest absolute Gasteiger partial charge is 0.387 e. The third-order valence-electron chi connectivity index (χ3n) is 1.09. The topological polar surface area (TPSA) is 20.2 Å². The summed E-state index contributed by atoms with van der Waals surface area (Å²) in [6.07, 6.45) is 0.493. The molecule has 0 spiro atoms. The molecule has 0 saturated carbocycles. The van der Waals surface area contributed by atoms with Gasteiger partial charge in [0.15, 0.2) is 0 Å². The van der Waals surface area contributed by atoms with E-state index in [0.717, 1.165) is 0 Å². The third-order valence-corrected chi connectivity index (χ3v) is 1.09. The zero-order valence-corrected chi connectivity index (χ0v) is 5.45. The van der Waals surface area contributed by atoms with Crippen LogP contribution in [0.1, 0.15) is 27.7 Å². The maximum absolute atomic E-state index is 8.81. The van der Waals surface area contributed by atoms with Crippen molar-refractivity contribution in [2.24, 2.45) is 5.41 Å². The summed E-state index contributed by atoms with van der Waals surface area (Å²) in [6.45, 7) is 7.65. The van der Waals surface area contributed by atoms with Crippen molar-refractivity contribution in [1.82, 2.24) is 0 Å². The van der Waals surface area contributed by atoms with Crippen LogP contribution in [0.15, 0.2) is 0 Å². The summed E-state index contributed by atoms with van der Waals surface area (Å²) in [5.74, 6) is 0. The van der Waals surface area contributed by atoms with E-state index in [1.807, 2.05) is 20.8 Å². The highest BCUT2D eigenvalue weighted by Gasteiger charge is 2.17. The van der Waals surface area contributed by atoms with Gasteiger partial charge in [-0.15, -0.1) is 0 Å². The van der Waals surface area contributed by atoms with E-state index in [0.29, 0.717) is 6.10 Å². The minimum atomic E-state index is -0.0278. The molecule has 43 valence electrons. The van der Waals surface area contributed by atoms with Crippen molar-refractivity contribution in [3.05, 3.63) is 6.10 Å². The maximum atomic E-state index is 8.81. The highest BCUT2D eigenvalue weighted by molar-refractivity contribution is 4.83. The van der Waals surface area contributed by atoms with Crippen molar-refractivity contribution in [3.63, 3.8) is 0 Å². The molecule has 0 heterocycles. The second-order valence-corrected chi connectivity index (χ2v) is 2.84. The molecule has 0 unspecified atom stereocenters. The van der Waals surface area contributed by atoms with E-state index in [1.54, 1.807) is 6.92 Å². The van der Waals surface area contributed by atoms with Crippen LogP contribution in [0.3, 0.4) is 0 Å². The second kappa shape index (κ2) is 1.83. The molecule has 1 N–H and O–H groups in total. The first-order valence-electron chi connectivity index (χ1n) is 2.47. The summed E-state index contributed by atoms with van der Waals surface area (Å²) >= 11 is 0. The maximum Gasteiger partial charge on any atom is 0.0955 e. The molecule has 1 heteroatoms. The molecule has 0 aromatic rings. The molecule has 7 heavy (non-hydrogen) atoms. The highest BCUT2D eigenvalue weighted by Crippen LogP contribution is 2.23. The molecular weight excluding hydrogens is 88.1 g/mol. The molecule has 0 aliphatic carbocycles. The third kappa shape index (κ3) is 2.63. The molecule has 0 bridgehead atoms. The Morgan fingerprint density at radius 2 is 1.43 bits per heavy atom. The number of hydrogen-bond donors (Lipinski definition) is 1. The molecular formula is C6H13O. The minimum absolute atomic E-state index is 0.0278. The Morgan fingerprint density at radius 1 is 1.29 bits per heavy atom. The second-order valence-electron chi connectivity index (χ2n) is 2.84. The Morgan fingerprint density at radius 3 is 1.43 bits per heavy atom. The Bertz CT molecular complexity index is 49.7. The van der Waals surface area contributed by atoms with Crippen LogP contribution < -0.4 is 0 Å². The average Bonchev–Trinajstić information content (AvgIpc) is 1.31. The van der Waals surface area contributed by atoms with Gasteiger partial charge in [-0.05, 0) is 12.3 Å². The predicted molar refractivity (Wildman–Crippen MR) is 30.3 cm³/mol. The van der Waals surface area contributed by atoms with Gasteiger partial charge in [-0.2, -0.15) is 0 Å². The summed E-state index contributed by atoms with van der Waals surface area (Å²) < 4.78 is 0. The lowest BCUT2D eigenvalue weighted by atomic mass is 9.91. The lowest BCUT2D eigenvalue weighted by molar-refractivity contribution is 0.188. The van der Waals surface area contributed by atoms with Crippen LogP contribution in [0.2, 0.25) is 0 Å². The van der Waals surface area contributed by atoms with E-state index in [1.165, 1.54) is 0 Å². The van der Waals surface area contributed by atoms with Gasteiger partial charge in [0.2, 0.25) is 0 Å².